The molecule has 0 saturated heterocycles. The molecule has 0 unspecified atom stereocenters. The van der Waals surface area contributed by atoms with Gasteiger partial charge in [-0.25, -0.2) is 0 Å². The van der Waals surface area contributed by atoms with E-state index in [-0.39, 0.29) is 5.91 Å². The Bertz CT molecular complexity index is 1270. The Labute approximate surface area is 218 Å². The van der Waals surface area contributed by atoms with Gasteiger partial charge in [0.1, 0.15) is 0 Å². The fourth-order valence-corrected chi connectivity index (χ4v) is 5.22. The van der Waals surface area contributed by atoms with E-state index in [1.54, 1.807) is 11.8 Å². The largest absolute Gasteiger partial charge is 0.490 e. The number of ether oxygens (including phenoxy) is 2. The lowest BCUT2D eigenvalue weighted by molar-refractivity contribution is 0.0954. The maximum absolute atomic E-state index is 13.0. The van der Waals surface area contributed by atoms with Crippen molar-refractivity contribution in [3.8, 4) is 11.5 Å². The normalized spacial score (nSPS) is 12.2. The van der Waals surface area contributed by atoms with Crippen LogP contribution in [0.3, 0.4) is 0 Å². The quantitative estimate of drug-likeness (QED) is 0.320. The molecule has 0 atom stereocenters. The molecule has 188 valence electrons. The molecular formula is C30H34N2O3S. The third-order valence-electron chi connectivity index (χ3n) is 5.94. The lowest BCUT2D eigenvalue weighted by Crippen LogP contribution is -2.25. The van der Waals surface area contributed by atoms with E-state index in [0.29, 0.717) is 31.7 Å². The summed E-state index contributed by atoms with van der Waals surface area (Å²) in [7, 11) is 0. The molecule has 1 aliphatic rings. The van der Waals surface area contributed by atoms with Gasteiger partial charge in [-0.1, -0.05) is 42.8 Å². The SMILES string of the molecule is CCCC1=Nc2cc(C(=O)NCCc3ccc(OCC)c(OCC)c3)ccc2Sc2ccc(C)cc21. The molecule has 1 amide bonds. The molecular weight excluding hydrogens is 468 g/mol. The van der Waals surface area contributed by atoms with Gasteiger partial charge in [0.25, 0.3) is 5.91 Å². The average Bonchev–Trinajstić information content (AvgIpc) is 3.02. The first-order chi connectivity index (χ1) is 17.5. The molecule has 0 aromatic heterocycles. The second kappa shape index (κ2) is 12.1. The number of benzene rings is 3. The van der Waals surface area contributed by atoms with Crippen LogP contribution in [-0.2, 0) is 6.42 Å². The van der Waals surface area contributed by atoms with Gasteiger partial charge in [-0.05, 0) is 81.6 Å². The summed E-state index contributed by atoms with van der Waals surface area (Å²) >= 11 is 1.72. The minimum Gasteiger partial charge on any atom is -0.490 e. The van der Waals surface area contributed by atoms with Crippen LogP contribution < -0.4 is 14.8 Å². The van der Waals surface area contributed by atoms with Crippen LogP contribution >= 0.6 is 11.8 Å². The molecule has 0 bridgehead atoms. The van der Waals surface area contributed by atoms with E-state index in [2.05, 4.69) is 37.4 Å². The van der Waals surface area contributed by atoms with Crippen LogP contribution in [0.25, 0.3) is 0 Å². The van der Waals surface area contributed by atoms with Gasteiger partial charge in [0.15, 0.2) is 11.5 Å². The molecule has 0 saturated carbocycles. The molecule has 3 aromatic rings. The van der Waals surface area contributed by atoms with Gasteiger partial charge in [0, 0.05) is 33.2 Å². The van der Waals surface area contributed by atoms with Crippen LogP contribution in [0.1, 0.15) is 60.7 Å². The summed E-state index contributed by atoms with van der Waals surface area (Å²) in [4.78, 5) is 20.3. The standard InChI is InChI=1S/C30H34N2O3S/c1-5-8-24-23-17-20(4)9-13-28(23)36-29-14-11-22(19-25(29)32-24)30(33)31-16-15-21-10-12-26(34-6-2)27(18-21)35-7-3/h9-14,17-19H,5-8,15-16H2,1-4H3,(H,31,33). The predicted octanol–water partition coefficient (Wildman–Crippen LogP) is 7.15. The monoisotopic (exact) mass is 502 g/mol. The second-order valence-electron chi connectivity index (χ2n) is 8.75. The zero-order valence-electron chi connectivity index (χ0n) is 21.5. The maximum Gasteiger partial charge on any atom is 0.251 e. The molecule has 0 fully saturated rings. The van der Waals surface area contributed by atoms with Gasteiger partial charge in [0.05, 0.1) is 18.9 Å². The van der Waals surface area contributed by atoms with Gasteiger partial charge >= 0.3 is 0 Å². The minimum atomic E-state index is -0.0939. The van der Waals surface area contributed by atoms with Crippen molar-refractivity contribution in [3.05, 3.63) is 76.9 Å². The lowest BCUT2D eigenvalue weighted by Gasteiger charge is -2.13. The minimum absolute atomic E-state index is 0.0939. The van der Waals surface area contributed by atoms with Crippen molar-refractivity contribution < 1.29 is 14.3 Å². The van der Waals surface area contributed by atoms with Crippen LogP contribution in [0.15, 0.2) is 69.4 Å². The molecule has 1 heterocycles. The van der Waals surface area contributed by atoms with Crippen molar-refractivity contribution in [1.82, 2.24) is 5.32 Å². The highest BCUT2D eigenvalue weighted by Gasteiger charge is 2.19. The summed E-state index contributed by atoms with van der Waals surface area (Å²) in [5.41, 5.74) is 6.08. The molecule has 6 heteroatoms. The van der Waals surface area contributed by atoms with E-state index < -0.39 is 0 Å². The van der Waals surface area contributed by atoms with Crippen molar-refractivity contribution in [2.45, 2.75) is 56.7 Å². The number of aliphatic imine (C=N–C) groups is 1. The van der Waals surface area contributed by atoms with Crippen molar-refractivity contribution in [2.75, 3.05) is 19.8 Å². The van der Waals surface area contributed by atoms with Crippen LogP contribution in [0, 0.1) is 6.92 Å². The third-order valence-corrected chi connectivity index (χ3v) is 7.08. The van der Waals surface area contributed by atoms with E-state index in [9.17, 15) is 4.79 Å². The van der Waals surface area contributed by atoms with E-state index in [1.165, 1.54) is 16.0 Å². The number of nitrogens with zero attached hydrogens (tertiary/aromatic N) is 1. The molecule has 0 spiro atoms. The Balaban J connectivity index is 1.47. The summed E-state index contributed by atoms with van der Waals surface area (Å²) in [5, 5.41) is 3.06. The lowest BCUT2D eigenvalue weighted by atomic mass is 10.0. The molecule has 0 aliphatic carbocycles. The number of fused-ring (bicyclic) bond motifs is 2. The average molecular weight is 503 g/mol. The summed E-state index contributed by atoms with van der Waals surface area (Å²) in [6, 6.07) is 18.3. The smallest absolute Gasteiger partial charge is 0.251 e. The molecule has 36 heavy (non-hydrogen) atoms. The van der Waals surface area contributed by atoms with Gasteiger partial charge in [-0.2, -0.15) is 0 Å². The highest BCUT2D eigenvalue weighted by Crippen LogP contribution is 2.41. The van der Waals surface area contributed by atoms with Gasteiger partial charge in [-0.3, -0.25) is 9.79 Å². The van der Waals surface area contributed by atoms with Crippen molar-refractivity contribution in [1.29, 1.82) is 0 Å². The summed E-state index contributed by atoms with van der Waals surface area (Å²) in [6.07, 6.45) is 2.62. The van der Waals surface area contributed by atoms with Gasteiger partial charge < -0.3 is 14.8 Å². The van der Waals surface area contributed by atoms with Crippen LogP contribution in [0.2, 0.25) is 0 Å². The van der Waals surface area contributed by atoms with Crippen molar-refractivity contribution >= 4 is 29.1 Å². The number of hydrogen-bond acceptors (Lipinski definition) is 5. The van der Waals surface area contributed by atoms with Crippen LogP contribution in [0.5, 0.6) is 11.5 Å². The van der Waals surface area contributed by atoms with Crippen molar-refractivity contribution in [3.63, 3.8) is 0 Å². The van der Waals surface area contributed by atoms with Gasteiger partial charge in [-0.15, -0.1) is 0 Å². The number of carbonyl (C=O) groups excluding carboxylic acids is 1. The van der Waals surface area contributed by atoms with E-state index >= 15 is 0 Å². The summed E-state index contributed by atoms with van der Waals surface area (Å²) < 4.78 is 11.4. The Morgan fingerprint density at radius 1 is 0.889 bits per heavy atom. The Morgan fingerprint density at radius 2 is 1.67 bits per heavy atom. The Kier molecular flexibility index (Phi) is 8.70. The molecule has 3 aromatic carbocycles. The van der Waals surface area contributed by atoms with Gasteiger partial charge in [0.2, 0.25) is 0 Å². The number of aryl methyl sites for hydroxylation is 1. The zero-order valence-corrected chi connectivity index (χ0v) is 22.3. The number of rotatable bonds is 10. The summed E-state index contributed by atoms with van der Waals surface area (Å²) in [5.74, 6) is 1.39. The first-order valence-corrected chi connectivity index (χ1v) is 13.5. The maximum atomic E-state index is 13.0. The van der Waals surface area contributed by atoms with Crippen LogP contribution in [-0.4, -0.2) is 31.4 Å². The molecule has 1 aliphatic heterocycles. The fraction of sp³-hybridized carbons (Fsp3) is 0.333. The first kappa shape index (κ1) is 25.8. The van der Waals surface area contributed by atoms with E-state index in [4.69, 9.17) is 14.5 Å². The number of nitrogens with one attached hydrogen (secondary N) is 1. The molecule has 0 radical (unpaired) electrons. The van der Waals surface area contributed by atoms with E-state index in [1.807, 2.05) is 50.2 Å². The summed E-state index contributed by atoms with van der Waals surface area (Å²) in [6.45, 7) is 9.88. The number of hydrogen-bond donors (Lipinski definition) is 1. The van der Waals surface area contributed by atoms with Crippen LogP contribution in [0.4, 0.5) is 5.69 Å². The number of carbonyl (C=O) groups is 1. The third kappa shape index (κ3) is 6.11. The number of amides is 1. The first-order valence-electron chi connectivity index (χ1n) is 12.7. The molecule has 4 rings (SSSR count). The zero-order chi connectivity index (χ0) is 25.5. The molecule has 1 N–H and O–H groups in total. The van der Waals surface area contributed by atoms with E-state index in [0.717, 1.165) is 46.2 Å². The fourth-order valence-electron chi connectivity index (χ4n) is 4.22. The highest BCUT2D eigenvalue weighted by molar-refractivity contribution is 7.99. The topological polar surface area (TPSA) is 59.9 Å². The van der Waals surface area contributed by atoms with Crippen molar-refractivity contribution in [2.24, 2.45) is 4.99 Å². The predicted molar refractivity (Wildman–Crippen MR) is 148 cm³/mol. The highest BCUT2D eigenvalue weighted by atomic mass is 32.2. The second-order valence-corrected chi connectivity index (χ2v) is 9.83. The Hall–Kier alpha value is -3.25. The Morgan fingerprint density at radius 3 is 2.44 bits per heavy atom. The molecule has 5 nitrogen and oxygen atoms in total.